The number of anilines is 2. The van der Waals surface area contributed by atoms with E-state index >= 15 is 0 Å². The zero-order chi connectivity index (χ0) is 13.7. The van der Waals surface area contributed by atoms with Gasteiger partial charge in [0.1, 0.15) is 12.4 Å². The van der Waals surface area contributed by atoms with Crippen molar-refractivity contribution >= 4 is 17.3 Å². The zero-order valence-electron chi connectivity index (χ0n) is 10.5. The van der Waals surface area contributed by atoms with Crippen molar-refractivity contribution in [1.82, 2.24) is 9.97 Å². The summed E-state index contributed by atoms with van der Waals surface area (Å²) in [4.78, 5) is 17.7. The second kappa shape index (κ2) is 5.90. The molecule has 0 radical (unpaired) electrons. The summed E-state index contributed by atoms with van der Waals surface area (Å²) >= 11 is 0. The molecule has 1 heterocycles. The molecule has 0 amide bonds. The van der Waals surface area contributed by atoms with Gasteiger partial charge in [-0.1, -0.05) is 25.5 Å². The Morgan fingerprint density at radius 1 is 1.21 bits per heavy atom. The van der Waals surface area contributed by atoms with E-state index in [1.165, 1.54) is 18.0 Å². The Kier molecular flexibility index (Phi) is 4.02. The molecule has 0 aliphatic rings. The van der Waals surface area contributed by atoms with E-state index in [2.05, 4.69) is 22.2 Å². The van der Waals surface area contributed by atoms with Gasteiger partial charge in [-0.05, 0) is 24.1 Å². The molecule has 1 aromatic heterocycles. The summed E-state index contributed by atoms with van der Waals surface area (Å²) in [5, 5.41) is 13.5. The van der Waals surface area contributed by atoms with E-state index in [1.54, 1.807) is 0 Å². The molecule has 0 saturated carbocycles. The molecule has 1 N–H and O–H groups in total. The maximum Gasteiger partial charge on any atom is 0.305 e. The normalized spacial score (nSPS) is 10.2. The summed E-state index contributed by atoms with van der Waals surface area (Å²) in [6.07, 6.45) is 4.52. The van der Waals surface area contributed by atoms with Crippen LogP contribution in [0.25, 0.3) is 0 Å². The van der Waals surface area contributed by atoms with Crippen LogP contribution in [0.15, 0.2) is 36.7 Å². The standard InChI is InChI=1S/C13H14N4O2/c1-2-3-10-4-6-11(7-5-10)16-13-14-8-12(9-15-13)17(18)19/h4-9H,2-3H2,1H3,(H,14,15,16). The summed E-state index contributed by atoms with van der Waals surface area (Å²) < 4.78 is 0. The zero-order valence-corrected chi connectivity index (χ0v) is 10.5. The van der Waals surface area contributed by atoms with Gasteiger partial charge in [-0.3, -0.25) is 10.1 Å². The van der Waals surface area contributed by atoms with Gasteiger partial charge in [-0.25, -0.2) is 9.97 Å². The number of benzene rings is 1. The molecule has 1 aromatic carbocycles. The molecule has 0 atom stereocenters. The molecule has 98 valence electrons. The van der Waals surface area contributed by atoms with Crippen molar-refractivity contribution in [1.29, 1.82) is 0 Å². The smallest absolute Gasteiger partial charge is 0.305 e. The molecule has 0 unspecified atom stereocenters. The first kappa shape index (κ1) is 12.9. The number of aryl methyl sites for hydroxylation is 1. The molecule has 2 rings (SSSR count). The third kappa shape index (κ3) is 3.48. The first-order chi connectivity index (χ1) is 9.19. The fourth-order valence-electron chi connectivity index (χ4n) is 1.65. The van der Waals surface area contributed by atoms with E-state index in [-0.39, 0.29) is 5.69 Å². The van der Waals surface area contributed by atoms with Gasteiger partial charge in [-0.15, -0.1) is 0 Å². The van der Waals surface area contributed by atoms with Gasteiger partial charge >= 0.3 is 5.69 Å². The lowest BCUT2D eigenvalue weighted by molar-refractivity contribution is -0.385. The van der Waals surface area contributed by atoms with Gasteiger partial charge in [0.2, 0.25) is 5.95 Å². The lowest BCUT2D eigenvalue weighted by Gasteiger charge is -2.05. The van der Waals surface area contributed by atoms with Crippen LogP contribution in [-0.2, 0) is 6.42 Å². The predicted octanol–water partition coefficient (Wildman–Crippen LogP) is 3.08. The van der Waals surface area contributed by atoms with Crippen LogP contribution in [0.2, 0.25) is 0 Å². The maximum atomic E-state index is 10.5. The number of hydrogen-bond acceptors (Lipinski definition) is 5. The topological polar surface area (TPSA) is 81.0 Å². The Morgan fingerprint density at radius 2 is 1.84 bits per heavy atom. The Hall–Kier alpha value is -2.50. The number of nitrogens with one attached hydrogen (secondary N) is 1. The molecule has 0 spiro atoms. The fourth-order valence-corrected chi connectivity index (χ4v) is 1.65. The molecular weight excluding hydrogens is 244 g/mol. The van der Waals surface area contributed by atoms with Crippen molar-refractivity contribution < 1.29 is 4.92 Å². The fraction of sp³-hybridized carbons (Fsp3) is 0.231. The average molecular weight is 258 g/mol. The van der Waals surface area contributed by atoms with Crippen LogP contribution in [0, 0.1) is 10.1 Å². The van der Waals surface area contributed by atoms with Crippen LogP contribution in [0.1, 0.15) is 18.9 Å². The molecule has 2 aromatic rings. The van der Waals surface area contributed by atoms with E-state index in [0.29, 0.717) is 5.95 Å². The molecule has 6 nitrogen and oxygen atoms in total. The van der Waals surface area contributed by atoms with Crippen molar-refractivity contribution in [2.75, 3.05) is 5.32 Å². The van der Waals surface area contributed by atoms with Gasteiger partial charge < -0.3 is 5.32 Å². The van der Waals surface area contributed by atoms with Crippen LogP contribution >= 0.6 is 0 Å². The number of nitrogens with zero attached hydrogens (tertiary/aromatic N) is 3. The highest BCUT2D eigenvalue weighted by Crippen LogP contribution is 2.16. The second-order valence-corrected chi connectivity index (χ2v) is 4.09. The molecule has 0 fully saturated rings. The molecule has 19 heavy (non-hydrogen) atoms. The quantitative estimate of drug-likeness (QED) is 0.658. The minimum Gasteiger partial charge on any atom is -0.324 e. The molecular formula is C13H14N4O2. The molecule has 0 saturated heterocycles. The summed E-state index contributed by atoms with van der Waals surface area (Å²) in [5.74, 6) is 0.342. The Bertz CT molecular complexity index is 552. The third-order valence-corrected chi connectivity index (χ3v) is 2.60. The number of aromatic nitrogens is 2. The first-order valence-corrected chi connectivity index (χ1v) is 6.01. The third-order valence-electron chi connectivity index (χ3n) is 2.60. The van der Waals surface area contributed by atoms with Crippen LogP contribution in [0.3, 0.4) is 0 Å². The molecule has 0 aliphatic heterocycles. The highest BCUT2D eigenvalue weighted by atomic mass is 16.6. The van der Waals surface area contributed by atoms with Gasteiger partial charge in [0.15, 0.2) is 0 Å². The van der Waals surface area contributed by atoms with Crippen LogP contribution in [-0.4, -0.2) is 14.9 Å². The van der Waals surface area contributed by atoms with Crippen molar-refractivity contribution in [2.45, 2.75) is 19.8 Å². The Labute approximate surface area is 110 Å². The van der Waals surface area contributed by atoms with Gasteiger partial charge in [-0.2, -0.15) is 0 Å². The van der Waals surface area contributed by atoms with Gasteiger partial charge in [0.25, 0.3) is 0 Å². The minimum atomic E-state index is -0.524. The maximum absolute atomic E-state index is 10.5. The predicted molar refractivity (Wildman–Crippen MR) is 72.4 cm³/mol. The Balaban J connectivity index is 2.06. The SMILES string of the molecule is CCCc1ccc(Nc2ncc([N+](=O)[O-])cn2)cc1. The van der Waals surface area contributed by atoms with Crippen molar-refractivity contribution in [3.8, 4) is 0 Å². The van der Waals surface area contributed by atoms with Crippen LogP contribution in [0.4, 0.5) is 17.3 Å². The second-order valence-electron chi connectivity index (χ2n) is 4.09. The van der Waals surface area contributed by atoms with E-state index < -0.39 is 4.92 Å². The number of hydrogen-bond donors (Lipinski definition) is 1. The van der Waals surface area contributed by atoms with E-state index in [0.717, 1.165) is 18.5 Å². The summed E-state index contributed by atoms with van der Waals surface area (Å²) in [5.41, 5.74) is 2.01. The van der Waals surface area contributed by atoms with E-state index in [1.807, 2.05) is 24.3 Å². The number of nitro groups is 1. The minimum absolute atomic E-state index is 0.121. The molecule has 6 heteroatoms. The lowest BCUT2D eigenvalue weighted by atomic mass is 10.1. The monoisotopic (exact) mass is 258 g/mol. The molecule has 0 bridgehead atoms. The largest absolute Gasteiger partial charge is 0.324 e. The lowest BCUT2D eigenvalue weighted by Crippen LogP contribution is -1.98. The van der Waals surface area contributed by atoms with E-state index in [9.17, 15) is 10.1 Å². The average Bonchev–Trinajstić information content (AvgIpc) is 2.42. The summed E-state index contributed by atoms with van der Waals surface area (Å²) in [7, 11) is 0. The highest BCUT2D eigenvalue weighted by molar-refractivity contribution is 5.53. The van der Waals surface area contributed by atoms with Crippen LogP contribution < -0.4 is 5.32 Å². The molecule has 0 aliphatic carbocycles. The number of rotatable bonds is 5. The highest BCUT2D eigenvalue weighted by Gasteiger charge is 2.06. The van der Waals surface area contributed by atoms with Crippen molar-refractivity contribution in [3.63, 3.8) is 0 Å². The van der Waals surface area contributed by atoms with Gasteiger partial charge in [0.05, 0.1) is 4.92 Å². The first-order valence-electron chi connectivity index (χ1n) is 6.01. The Morgan fingerprint density at radius 3 is 2.37 bits per heavy atom. The van der Waals surface area contributed by atoms with Crippen molar-refractivity contribution in [2.24, 2.45) is 0 Å². The summed E-state index contributed by atoms with van der Waals surface area (Å²) in [6.45, 7) is 2.14. The van der Waals surface area contributed by atoms with Crippen molar-refractivity contribution in [3.05, 3.63) is 52.3 Å². The van der Waals surface area contributed by atoms with E-state index in [4.69, 9.17) is 0 Å². The van der Waals surface area contributed by atoms with Crippen LogP contribution in [0.5, 0.6) is 0 Å². The van der Waals surface area contributed by atoms with Gasteiger partial charge in [0, 0.05) is 5.69 Å². The summed E-state index contributed by atoms with van der Waals surface area (Å²) in [6, 6.07) is 7.96.